The molecule has 98 valence electrons. The van der Waals surface area contributed by atoms with Crippen LogP contribution in [0, 0.1) is 0 Å². The SMILES string of the molecule is CC(C)(C)c1ccc(C(=O)NN2CCCC2)cc1. The van der Waals surface area contributed by atoms with E-state index in [1.807, 2.05) is 29.3 Å². The first-order valence-electron chi connectivity index (χ1n) is 6.63. The van der Waals surface area contributed by atoms with Crippen molar-refractivity contribution in [3.8, 4) is 0 Å². The van der Waals surface area contributed by atoms with Crippen molar-refractivity contribution in [2.24, 2.45) is 0 Å². The fraction of sp³-hybridized carbons (Fsp3) is 0.533. The Kier molecular flexibility index (Phi) is 3.71. The zero-order valence-electron chi connectivity index (χ0n) is 11.5. The van der Waals surface area contributed by atoms with Crippen LogP contribution in [0.1, 0.15) is 49.5 Å². The van der Waals surface area contributed by atoms with Crippen LogP contribution in [-0.4, -0.2) is 24.0 Å². The molecule has 0 bridgehead atoms. The van der Waals surface area contributed by atoms with E-state index in [9.17, 15) is 4.79 Å². The number of carbonyl (C=O) groups is 1. The summed E-state index contributed by atoms with van der Waals surface area (Å²) in [6.07, 6.45) is 2.34. The highest BCUT2D eigenvalue weighted by atomic mass is 16.2. The molecule has 0 aromatic heterocycles. The Morgan fingerprint density at radius 3 is 2.17 bits per heavy atom. The van der Waals surface area contributed by atoms with Gasteiger partial charge in [0.05, 0.1) is 0 Å². The molecule has 3 nitrogen and oxygen atoms in total. The van der Waals surface area contributed by atoms with E-state index in [1.54, 1.807) is 0 Å². The molecular formula is C15H22N2O. The highest BCUT2D eigenvalue weighted by Crippen LogP contribution is 2.22. The van der Waals surface area contributed by atoms with Gasteiger partial charge in [0, 0.05) is 18.7 Å². The predicted molar refractivity (Wildman–Crippen MR) is 73.4 cm³/mol. The molecule has 3 heteroatoms. The molecule has 0 saturated carbocycles. The summed E-state index contributed by atoms with van der Waals surface area (Å²) in [5.41, 5.74) is 5.06. The van der Waals surface area contributed by atoms with E-state index >= 15 is 0 Å². The van der Waals surface area contributed by atoms with E-state index in [1.165, 1.54) is 18.4 Å². The highest BCUT2D eigenvalue weighted by molar-refractivity contribution is 5.93. The highest BCUT2D eigenvalue weighted by Gasteiger charge is 2.17. The van der Waals surface area contributed by atoms with Crippen molar-refractivity contribution in [1.29, 1.82) is 0 Å². The molecule has 0 radical (unpaired) electrons. The van der Waals surface area contributed by atoms with Crippen LogP contribution in [-0.2, 0) is 5.41 Å². The topological polar surface area (TPSA) is 32.3 Å². The van der Waals surface area contributed by atoms with Crippen LogP contribution in [0.4, 0.5) is 0 Å². The van der Waals surface area contributed by atoms with Gasteiger partial charge >= 0.3 is 0 Å². The van der Waals surface area contributed by atoms with E-state index < -0.39 is 0 Å². The Bertz CT molecular complexity index is 411. The summed E-state index contributed by atoms with van der Waals surface area (Å²) in [5.74, 6) is -0.00245. The third-order valence-corrected chi connectivity index (χ3v) is 3.38. The summed E-state index contributed by atoms with van der Waals surface area (Å²) in [6.45, 7) is 8.45. The first-order chi connectivity index (χ1) is 8.47. The first-order valence-corrected chi connectivity index (χ1v) is 6.63. The van der Waals surface area contributed by atoms with E-state index in [2.05, 4.69) is 26.2 Å². The van der Waals surface area contributed by atoms with Gasteiger partial charge in [-0.1, -0.05) is 32.9 Å². The molecular weight excluding hydrogens is 224 g/mol. The standard InChI is InChI=1S/C15H22N2O/c1-15(2,3)13-8-6-12(7-9-13)14(18)16-17-10-4-5-11-17/h6-9H,4-5,10-11H2,1-3H3,(H,16,18). The minimum absolute atomic E-state index is 0.00245. The van der Waals surface area contributed by atoms with E-state index in [0.717, 1.165) is 18.7 Å². The summed E-state index contributed by atoms with van der Waals surface area (Å²) in [7, 11) is 0. The zero-order valence-corrected chi connectivity index (χ0v) is 11.5. The number of nitrogens with zero attached hydrogens (tertiary/aromatic N) is 1. The van der Waals surface area contributed by atoms with Gasteiger partial charge in [0.1, 0.15) is 0 Å². The fourth-order valence-corrected chi connectivity index (χ4v) is 2.16. The van der Waals surface area contributed by atoms with Crippen molar-refractivity contribution in [1.82, 2.24) is 10.4 Å². The average Bonchev–Trinajstić information content (AvgIpc) is 2.81. The van der Waals surface area contributed by atoms with Gasteiger partial charge in [-0.15, -0.1) is 0 Å². The van der Waals surface area contributed by atoms with E-state index in [-0.39, 0.29) is 11.3 Å². The van der Waals surface area contributed by atoms with Gasteiger partial charge in [-0.3, -0.25) is 10.2 Å². The van der Waals surface area contributed by atoms with E-state index in [0.29, 0.717) is 0 Å². The summed E-state index contributed by atoms with van der Waals surface area (Å²) in [5, 5.41) is 2.00. The van der Waals surface area contributed by atoms with Crippen LogP contribution in [0.5, 0.6) is 0 Å². The fourth-order valence-electron chi connectivity index (χ4n) is 2.16. The van der Waals surface area contributed by atoms with Gasteiger partial charge in [0.25, 0.3) is 5.91 Å². The second-order valence-electron chi connectivity index (χ2n) is 5.96. The number of nitrogens with one attached hydrogen (secondary N) is 1. The number of hydrogen-bond donors (Lipinski definition) is 1. The van der Waals surface area contributed by atoms with Crippen LogP contribution in [0.25, 0.3) is 0 Å². The van der Waals surface area contributed by atoms with Gasteiger partial charge in [0.2, 0.25) is 0 Å². The quantitative estimate of drug-likeness (QED) is 0.870. The summed E-state index contributed by atoms with van der Waals surface area (Å²) in [6, 6.07) is 7.90. The molecule has 1 amide bonds. The molecule has 0 unspecified atom stereocenters. The Balaban J connectivity index is 2.02. The third kappa shape index (κ3) is 3.10. The molecule has 1 aliphatic rings. The lowest BCUT2D eigenvalue weighted by Crippen LogP contribution is -2.39. The van der Waals surface area contributed by atoms with Crippen LogP contribution in [0.15, 0.2) is 24.3 Å². The molecule has 1 aliphatic heterocycles. The smallest absolute Gasteiger partial charge is 0.265 e. The molecule has 2 rings (SSSR count). The zero-order chi connectivity index (χ0) is 13.2. The summed E-state index contributed by atoms with van der Waals surface area (Å²) >= 11 is 0. The lowest BCUT2D eigenvalue weighted by Gasteiger charge is -2.20. The van der Waals surface area contributed by atoms with Crippen LogP contribution >= 0.6 is 0 Å². The van der Waals surface area contributed by atoms with Gasteiger partial charge < -0.3 is 0 Å². The van der Waals surface area contributed by atoms with Crippen LogP contribution in [0.2, 0.25) is 0 Å². The van der Waals surface area contributed by atoms with Gasteiger partial charge in [-0.25, -0.2) is 5.01 Å². The average molecular weight is 246 g/mol. The molecule has 1 aromatic carbocycles. The third-order valence-electron chi connectivity index (χ3n) is 3.38. The molecule has 1 N–H and O–H groups in total. The largest absolute Gasteiger partial charge is 0.285 e. The maximum atomic E-state index is 12.0. The number of benzene rings is 1. The summed E-state index contributed by atoms with van der Waals surface area (Å²) in [4.78, 5) is 12.0. The number of hydrogen-bond acceptors (Lipinski definition) is 2. The monoisotopic (exact) mass is 246 g/mol. The van der Waals surface area contributed by atoms with Crippen molar-refractivity contribution in [2.75, 3.05) is 13.1 Å². The molecule has 0 aliphatic carbocycles. The normalized spacial score (nSPS) is 16.8. The minimum atomic E-state index is -0.00245. The van der Waals surface area contributed by atoms with Crippen molar-refractivity contribution in [2.45, 2.75) is 39.0 Å². The van der Waals surface area contributed by atoms with Crippen LogP contribution < -0.4 is 5.43 Å². The number of hydrazine groups is 1. The molecule has 18 heavy (non-hydrogen) atoms. The van der Waals surface area contributed by atoms with Crippen molar-refractivity contribution >= 4 is 5.91 Å². The Hall–Kier alpha value is -1.35. The Morgan fingerprint density at radius 2 is 1.67 bits per heavy atom. The van der Waals surface area contributed by atoms with Gasteiger partial charge in [-0.05, 0) is 36.0 Å². The maximum Gasteiger partial charge on any atom is 0.265 e. The maximum absolute atomic E-state index is 12.0. The minimum Gasteiger partial charge on any atom is -0.285 e. The second kappa shape index (κ2) is 5.11. The molecule has 1 saturated heterocycles. The Labute approximate surface area is 109 Å². The number of rotatable bonds is 2. The molecule has 1 aromatic rings. The van der Waals surface area contributed by atoms with Crippen molar-refractivity contribution in [3.63, 3.8) is 0 Å². The lowest BCUT2D eigenvalue weighted by atomic mass is 9.87. The van der Waals surface area contributed by atoms with Gasteiger partial charge in [-0.2, -0.15) is 0 Å². The Morgan fingerprint density at radius 1 is 1.11 bits per heavy atom. The number of carbonyl (C=O) groups excluding carboxylic acids is 1. The lowest BCUT2D eigenvalue weighted by molar-refractivity contribution is 0.0826. The summed E-state index contributed by atoms with van der Waals surface area (Å²) < 4.78 is 0. The molecule has 0 atom stereocenters. The second-order valence-corrected chi connectivity index (χ2v) is 5.96. The van der Waals surface area contributed by atoms with Crippen LogP contribution in [0.3, 0.4) is 0 Å². The molecule has 0 spiro atoms. The predicted octanol–water partition coefficient (Wildman–Crippen LogP) is 2.72. The van der Waals surface area contributed by atoms with Crippen molar-refractivity contribution < 1.29 is 4.79 Å². The van der Waals surface area contributed by atoms with Gasteiger partial charge in [0.15, 0.2) is 0 Å². The number of amides is 1. The molecule has 1 fully saturated rings. The molecule has 1 heterocycles. The van der Waals surface area contributed by atoms with E-state index in [4.69, 9.17) is 0 Å². The van der Waals surface area contributed by atoms with Crippen molar-refractivity contribution in [3.05, 3.63) is 35.4 Å². The first kappa shape index (κ1) is 13.1.